The first-order valence-corrected chi connectivity index (χ1v) is 6.94. The maximum Gasteiger partial charge on any atom is 0.241 e. The van der Waals surface area contributed by atoms with E-state index in [9.17, 15) is 4.79 Å². The molecule has 21 heavy (non-hydrogen) atoms. The molecule has 2 atom stereocenters. The maximum atomic E-state index is 12.1. The summed E-state index contributed by atoms with van der Waals surface area (Å²) < 4.78 is 1.60. The monoisotopic (exact) mass is 288 g/mol. The van der Waals surface area contributed by atoms with Crippen molar-refractivity contribution < 1.29 is 4.79 Å². The van der Waals surface area contributed by atoms with Crippen molar-refractivity contribution in [2.24, 2.45) is 11.7 Å². The van der Waals surface area contributed by atoms with Crippen LogP contribution in [0.1, 0.15) is 26.1 Å². The molecule has 7 heteroatoms. The van der Waals surface area contributed by atoms with Crippen LogP contribution >= 0.6 is 0 Å². The fraction of sp³-hybridized carbons (Fsp3) is 0.429. The van der Waals surface area contributed by atoms with Gasteiger partial charge in [0.05, 0.1) is 11.7 Å². The number of hydrogen-bond acceptors (Lipinski definition) is 5. The predicted octanol–water partition coefficient (Wildman–Crippen LogP) is 1.28. The second kappa shape index (κ2) is 6.45. The third kappa shape index (κ3) is 3.43. The van der Waals surface area contributed by atoms with Crippen molar-refractivity contribution in [1.29, 1.82) is 0 Å². The predicted molar refractivity (Wildman–Crippen MR) is 80.0 cm³/mol. The van der Waals surface area contributed by atoms with E-state index in [1.165, 1.54) is 0 Å². The molecule has 0 saturated heterocycles. The summed E-state index contributed by atoms with van der Waals surface area (Å²) in [6.07, 6.45) is 0.860. The summed E-state index contributed by atoms with van der Waals surface area (Å²) in [5, 5.41) is 14.2. The Morgan fingerprint density at radius 3 is 2.86 bits per heavy atom. The van der Waals surface area contributed by atoms with Crippen molar-refractivity contribution in [3.63, 3.8) is 0 Å². The molecule has 1 aromatic heterocycles. The number of nitrogens with two attached hydrogens (primary N) is 1. The van der Waals surface area contributed by atoms with E-state index in [0.717, 1.165) is 12.1 Å². The van der Waals surface area contributed by atoms with Crippen molar-refractivity contribution in [2.75, 3.05) is 5.32 Å². The molecule has 1 aromatic carbocycles. The van der Waals surface area contributed by atoms with Gasteiger partial charge >= 0.3 is 0 Å². The standard InChI is InChI=1S/C14H20N6O/c1-4-9(2)13(15)14(21)16-11-6-5-7-12(8-11)20-10(3)17-18-19-20/h5-9,13H,4,15H2,1-3H3,(H,16,21)/t9-,13-/m0/s1. The SMILES string of the molecule is CC[C@H](C)[C@H](N)C(=O)Nc1cccc(-n2nnnc2C)c1. The number of carbonyl (C=O) groups excluding carboxylic acids is 1. The summed E-state index contributed by atoms with van der Waals surface area (Å²) in [7, 11) is 0. The second-order valence-electron chi connectivity index (χ2n) is 5.09. The quantitative estimate of drug-likeness (QED) is 0.863. The lowest BCUT2D eigenvalue weighted by Crippen LogP contribution is -2.40. The van der Waals surface area contributed by atoms with Crippen LogP contribution in [-0.2, 0) is 4.79 Å². The summed E-state index contributed by atoms with van der Waals surface area (Å²) in [5.41, 5.74) is 7.38. The van der Waals surface area contributed by atoms with E-state index in [1.54, 1.807) is 4.68 Å². The first kappa shape index (κ1) is 15.1. The highest BCUT2D eigenvalue weighted by Crippen LogP contribution is 2.16. The normalized spacial score (nSPS) is 13.7. The summed E-state index contributed by atoms with van der Waals surface area (Å²) in [6.45, 7) is 5.79. The van der Waals surface area contributed by atoms with Crippen molar-refractivity contribution >= 4 is 11.6 Å². The number of carbonyl (C=O) groups is 1. The molecule has 7 nitrogen and oxygen atoms in total. The number of nitrogens with zero attached hydrogens (tertiary/aromatic N) is 4. The number of amides is 1. The number of rotatable bonds is 5. The molecule has 2 aromatic rings. The van der Waals surface area contributed by atoms with Crippen LogP contribution in [-0.4, -0.2) is 32.2 Å². The van der Waals surface area contributed by atoms with Gasteiger partial charge in [0.15, 0.2) is 5.82 Å². The zero-order chi connectivity index (χ0) is 15.4. The molecular formula is C14H20N6O. The minimum absolute atomic E-state index is 0.134. The van der Waals surface area contributed by atoms with E-state index in [1.807, 2.05) is 45.0 Å². The lowest BCUT2D eigenvalue weighted by molar-refractivity contribution is -0.118. The maximum absolute atomic E-state index is 12.1. The zero-order valence-electron chi connectivity index (χ0n) is 12.4. The Morgan fingerprint density at radius 2 is 2.24 bits per heavy atom. The second-order valence-corrected chi connectivity index (χ2v) is 5.09. The molecule has 0 fully saturated rings. The molecule has 1 amide bonds. The van der Waals surface area contributed by atoms with Gasteiger partial charge in [-0.25, -0.2) is 0 Å². The molecule has 0 spiro atoms. The average Bonchev–Trinajstić information content (AvgIpc) is 2.92. The van der Waals surface area contributed by atoms with E-state index in [2.05, 4.69) is 20.8 Å². The molecule has 0 aliphatic carbocycles. The Hall–Kier alpha value is -2.28. The van der Waals surface area contributed by atoms with Crippen LogP contribution in [0.2, 0.25) is 0 Å². The van der Waals surface area contributed by atoms with Gasteiger partial charge in [0.25, 0.3) is 0 Å². The lowest BCUT2D eigenvalue weighted by Gasteiger charge is -2.18. The van der Waals surface area contributed by atoms with Gasteiger partial charge in [-0.1, -0.05) is 26.3 Å². The first-order chi connectivity index (χ1) is 10.0. The number of anilines is 1. The van der Waals surface area contributed by atoms with Gasteiger partial charge in [0.2, 0.25) is 5.91 Å². The van der Waals surface area contributed by atoms with Crippen LogP contribution in [0.15, 0.2) is 24.3 Å². The minimum Gasteiger partial charge on any atom is -0.325 e. The van der Waals surface area contributed by atoms with Crippen LogP contribution in [0.5, 0.6) is 0 Å². The summed E-state index contributed by atoms with van der Waals surface area (Å²) in [5.74, 6) is 0.625. The number of hydrogen-bond donors (Lipinski definition) is 2. The lowest BCUT2D eigenvalue weighted by atomic mass is 9.99. The van der Waals surface area contributed by atoms with Crippen LogP contribution in [0, 0.1) is 12.8 Å². The molecule has 0 aliphatic heterocycles. The van der Waals surface area contributed by atoms with Gasteiger partial charge in [-0.3, -0.25) is 4.79 Å². The van der Waals surface area contributed by atoms with Crippen LogP contribution in [0.3, 0.4) is 0 Å². The summed E-state index contributed by atoms with van der Waals surface area (Å²) >= 11 is 0. The molecule has 0 unspecified atom stereocenters. The van der Waals surface area contributed by atoms with E-state index >= 15 is 0 Å². The Kier molecular flexibility index (Phi) is 4.64. The number of tetrazole rings is 1. The van der Waals surface area contributed by atoms with Crippen molar-refractivity contribution in [3.8, 4) is 5.69 Å². The largest absolute Gasteiger partial charge is 0.325 e. The highest BCUT2D eigenvalue weighted by Gasteiger charge is 2.19. The Labute approximate surface area is 123 Å². The van der Waals surface area contributed by atoms with Crippen molar-refractivity contribution in [2.45, 2.75) is 33.2 Å². The zero-order valence-corrected chi connectivity index (χ0v) is 12.4. The number of aryl methyl sites for hydroxylation is 1. The molecule has 3 N–H and O–H groups in total. The topological polar surface area (TPSA) is 98.7 Å². The van der Waals surface area contributed by atoms with Gasteiger partial charge in [-0.15, -0.1) is 5.10 Å². The Morgan fingerprint density at radius 1 is 1.48 bits per heavy atom. The summed E-state index contributed by atoms with van der Waals surface area (Å²) in [6, 6.07) is 6.80. The van der Waals surface area contributed by atoms with Gasteiger partial charge < -0.3 is 11.1 Å². The van der Waals surface area contributed by atoms with Gasteiger partial charge in [0, 0.05) is 5.69 Å². The molecule has 0 bridgehead atoms. The Balaban J connectivity index is 2.15. The van der Waals surface area contributed by atoms with Gasteiger partial charge in [-0.2, -0.15) is 4.68 Å². The third-order valence-corrected chi connectivity index (χ3v) is 3.54. The molecule has 2 rings (SSSR count). The molecule has 0 saturated carbocycles. The number of benzene rings is 1. The average molecular weight is 288 g/mol. The number of aromatic nitrogens is 4. The van der Waals surface area contributed by atoms with Crippen molar-refractivity contribution in [1.82, 2.24) is 20.2 Å². The van der Waals surface area contributed by atoms with E-state index in [-0.39, 0.29) is 11.8 Å². The molecule has 0 radical (unpaired) electrons. The molecular weight excluding hydrogens is 268 g/mol. The Bertz CT molecular complexity index is 623. The molecule has 112 valence electrons. The molecule has 1 heterocycles. The third-order valence-electron chi connectivity index (χ3n) is 3.54. The van der Waals surface area contributed by atoms with Gasteiger partial charge in [0.1, 0.15) is 0 Å². The minimum atomic E-state index is -0.520. The van der Waals surface area contributed by atoms with Crippen molar-refractivity contribution in [3.05, 3.63) is 30.1 Å². The van der Waals surface area contributed by atoms with Crippen LogP contribution < -0.4 is 11.1 Å². The highest BCUT2D eigenvalue weighted by molar-refractivity contribution is 5.95. The molecule has 0 aliphatic rings. The van der Waals surface area contributed by atoms with Crippen LogP contribution in [0.4, 0.5) is 5.69 Å². The van der Waals surface area contributed by atoms with E-state index < -0.39 is 6.04 Å². The first-order valence-electron chi connectivity index (χ1n) is 6.94. The number of nitrogens with one attached hydrogen (secondary N) is 1. The van der Waals surface area contributed by atoms with Gasteiger partial charge in [-0.05, 0) is 41.5 Å². The highest BCUT2D eigenvalue weighted by atomic mass is 16.2. The summed E-state index contributed by atoms with van der Waals surface area (Å²) in [4.78, 5) is 12.1. The van der Waals surface area contributed by atoms with E-state index in [4.69, 9.17) is 5.73 Å². The smallest absolute Gasteiger partial charge is 0.241 e. The fourth-order valence-corrected chi connectivity index (χ4v) is 1.92. The van der Waals surface area contributed by atoms with E-state index in [0.29, 0.717) is 11.5 Å². The fourth-order valence-electron chi connectivity index (χ4n) is 1.92. The van der Waals surface area contributed by atoms with Crippen LogP contribution in [0.25, 0.3) is 5.69 Å².